The summed E-state index contributed by atoms with van der Waals surface area (Å²) < 4.78 is 0. The van der Waals surface area contributed by atoms with E-state index in [4.69, 9.17) is 0 Å². The van der Waals surface area contributed by atoms with Crippen LogP contribution in [0.25, 0.3) is 0 Å². The number of nitrogens with zero attached hydrogens (tertiary/aromatic N) is 2. The number of likely N-dealkylation sites (tertiary alicyclic amines) is 1. The monoisotopic (exact) mass is 257 g/mol. The van der Waals surface area contributed by atoms with E-state index in [9.17, 15) is 9.59 Å². The first kappa shape index (κ1) is 11.0. The fourth-order valence-electron chi connectivity index (χ4n) is 3.83. The lowest BCUT2D eigenvalue weighted by atomic mass is 9.85. The minimum Gasteiger partial charge on any atom is -0.283 e. The predicted octanol–water partition coefficient (Wildman–Crippen LogP) is 1.03. The first-order valence-corrected chi connectivity index (χ1v) is 6.69. The van der Waals surface area contributed by atoms with Gasteiger partial charge in [-0.05, 0) is 25.2 Å². The second-order valence-corrected chi connectivity index (χ2v) is 5.78. The van der Waals surface area contributed by atoms with E-state index in [0.717, 1.165) is 17.7 Å². The van der Waals surface area contributed by atoms with Gasteiger partial charge in [0.2, 0.25) is 11.8 Å². The van der Waals surface area contributed by atoms with Crippen LogP contribution in [0.5, 0.6) is 0 Å². The van der Waals surface area contributed by atoms with Gasteiger partial charge < -0.3 is 0 Å². The van der Waals surface area contributed by atoms with Gasteiger partial charge in [0.1, 0.15) is 0 Å². The molecule has 0 radical (unpaired) electrons. The van der Waals surface area contributed by atoms with E-state index >= 15 is 0 Å². The standard InChI is InChI=1S/C14H15N3O2/c1-7-10(5-15-16-7)6-17-13(18)11-8-2-3-9(4-8)12(11)14(17)19/h2-3,5,8-9,11-12H,4,6H2,1H3,(H,15,16). The number of aryl methyl sites for hydroxylation is 1. The zero-order valence-corrected chi connectivity index (χ0v) is 10.7. The Kier molecular flexibility index (Phi) is 2.05. The molecule has 2 aliphatic carbocycles. The molecular weight excluding hydrogens is 242 g/mol. The molecule has 1 saturated carbocycles. The van der Waals surface area contributed by atoms with Crippen molar-refractivity contribution < 1.29 is 9.59 Å². The molecule has 19 heavy (non-hydrogen) atoms. The summed E-state index contributed by atoms with van der Waals surface area (Å²) in [5, 5.41) is 6.78. The fourth-order valence-corrected chi connectivity index (χ4v) is 3.83. The summed E-state index contributed by atoms with van der Waals surface area (Å²) in [5.74, 6) is 0.369. The van der Waals surface area contributed by atoms with E-state index < -0.39 is 0 Å². The highest BCUT2D eigenvalue weighted by Gasteiger charge is 2.59. The molecule has 0 aromatic carbocycles. The molecule has 1 N–H and O–H groups in total. The molecule has 4 atom stereocenters. The number of imide groups is 1. The molecule has 3 aliphatic rings. The quantitative estimate of drug-likeness (QED) is 0.635. The third-order valence-electron chi connectivity index (χ3n) is 4.82. The van der Waals surface area contributed by atoms with Crippen molar-refractivity contribution in [2.24, 2.45) is 23.7 Å². The largest absolute Gasteiger partial charge is 0.283 e. The fraction of sp³-hybridized carbons (Fsp3) is 0.500. The van der Waals surface area contributed by atoms with Crippen LogP contribution in [-0.4, -0.2) is 26.9 Å². The summed E-state index contributed by atoms with van der Waals surface area (Å²) in [4.78, 5) is 26.4. The van der Waals surface area contributed by atoms with Crippen molar-refractivity contribution in [1.29, 1.82) is 0 Å². The summed E-state index contributed by atoms with van der Waals surface area (Å²) in [6.07, 6.45) is 6.90. The maximum Gasteiger partial charge on any atom is 0.234 e. The van der Waals surface area contributed by atoms with Crippen LogP contribution in [0, 0.1) is 30.6 Å². The smallest absolute Gasteiger partial charge is 0.234 e. The molecule has 0 spiro atoms. The lowest BCUT2D eigenvalue weighted by molar-refractivity contribution is -0.141. The Morgan fingerprint density at radius 3 is 2.42 bits per heavy atom. The molecule has 2 fully saturated rings. The zero-order valence-electron chi connectivity index (χ0n) is 10.7. The summed E-state index contributed by atoms with van der Waals surface area (Å²) in [6.45, 7) is 2.26. The van der Waals surface area contributed by atoms with Gasteiger partial charge >= 0.3 is 0 Å². The highest BCUT2D eigenvalue weighted by Crippen LogP contribution is 2.52. The van der Waals surface area contributed by atoms with Crippen molar-refractivity contribution in [3.8, 4) is 0 Å². The molecule has 1 aliphatic heterocycles. The number of carbonyl (C=O) groups excluding carboxylic acids is 2. The van der Waals surface area contributed by atoms with Crippen molar-refractivity contribution in [2.75, 3.05) is 0 Å². The van der Waals surface area contributed by atoms with Gasteiger partial charge in [0, 0.05) is 11.3 Å². The molecule has 5 nitrogen and oxygen atoms in total. The first-order valence-electron chi connectivity index (χ1n) is 6.69. The van der Waals surface area contributed by atoms with Gasteiger partial charge in [0.25, 0.3) is 0 Å². The molecule has 1 saturated heterocycles. The Morgan fingerprint density at radius 1 is 1.26 bits per heavy atom. The van der Waals surface area contributed by atoms with Crippen LogP contribution in [-0.2, 0) is 16.1 Å². The van der Waals surface area contributed by atoms with Gasteiger partial charge in [-0.3, -0.25) is 19.6 Å². The third kappa shape index (κ3) is 1.33. The summed E-state index contributed by atoms with van der Waals surface area (Å²) in [5.41, 5.74) is 1.83. The lowest BCUT2D eigenvalue weighted by Crippen LogP contribution is -2.32. The lowest BCUT2D eigenvalue weighted by Gasteiger charge is -2.16. The molecule has 4 unspecified atom stereocenters. The molecule has 1 aromatic rings. The molecule has 5 heteroatoms. The Balaban J connectivity index is 1.64. The maximum absolute atomic E-state index is 12.5. The first-order chi connectivity index (χ1) is 9.16. The van der Waals surface area contributed by atoms with Gasteiger partial charge in [-0.2, -0.15) is 5.10 Å². The van der Waals surface area contributed by atoms with Crippen LogP contribution in [0.1, 0.15) is 17.7 Å². The molecule has 2 bridgehead atoms. The summed E-state index contributed by atoms with van der Waals surface area (Å²) >= 11 is 0. The number of carbonyl (C=O) groups is 2. The molecule has 98 valence electrons. The summed E-state index contributed by atoms with van der Waals surface area (Å²) in [6, 6.07) is 0. The molecule has 4 rings (SSSR count). The minimum atomic E-state index is -0.102. The Hall–Kier alpha value is -1.91. The highest BCUT2D eigenvalue weighted by molar-refractivity contribution is 6.06. The van der Waals surface area contributed by atoms with Crippen LogP contribution < -0.4 is 0 Å². The van der Waals surface area contributed by atoms with Gasteiger partial charge in [0.15, 0.2) is 0 Å². The van der Waals surface area contributed by atoms with Crippen molar-refractivity contribution >= 4 is 11.8 Å². The average molecular weight is 257 g/mol. The molecule has 2 heterocycles. The van der Waals surface area contributed by atoms with Crippen LogP contribution in [0.2, 0.25) is 0 Å². The van der Waals surface area contributed by atoms with E-state index in [-0.39, 0.29) is 35.5 Å². The third-order valence-corrected chi connectivity index (χ3v) is 4.82. The molecular formula is C14H15N3O2. The Labute approximate surface area is 110 Å². The van der Waals surface area contributed by atoms with Crippen molar-refractivity contribution in [2.45, 2.75) is 19.9 Å². The number of rotatable bonds is 2. The number of hydrogen-bond donors (Lipinski definition) is 1. The van der Waals surface area contributed by atoms with Gasteiger partial charge in [-0.25, -0.2) is 0 Å². The number of hydrogen-bond acceptors (Lipinski definition) is 3. The number of allylic oxidation sites excluding steroid dienone is 2. The van der Waals surface area contributed by atoms with Crippen LogP contribution in [0.15, 0.2) is 18.3 Å². The molecule has 2 amide bonds. The second kappa shape index (κ2) is 3.56. The van der Waals surface area contributed by atoms with Gasteiger partial charge in [0.05, 0.1) is 24.6 Å². The van der Waals surface area contributed by atoms with Crippen molar-refractivity contribution in [3.05, 3.63) is 29.6 Å². The number of amides is 2. The van der Waals surface area contributed by atoms with Gasteiger partial charge in [-0.15, -0.1) is 0 Å². The Morgan fingerprint density at radius 2 is 1.89 bits per heavy atom. The Bertz CT molecular complexity index is 574. The predicted molar refractivity (Wildman–Crippen MR) is 66.6 cm³/mol. The summed E-state index contributed by atoms with van der Waals surface area (Å²) in [7, 11) is 0. The number of aromatic amines is 1. The number of nitrogens with one attached hydrogen (secondary N) is 1. The SMILES string of the molecule is Cc1[nH]ncc1CN1C(=O)C2C3C=CC(C3)C2C1=O. The molecule has 1 aromatic heterocycles. The van der Waals surface area contributed by atoms with E-state index in [1.807, 2.05) is 6.92 Å². The van der Waals surface area contributed by atoms with E-state index in [1.165, 1.54) is 4.90 Å². The maximum atomic E-state index is 12.5. The number of fused-ring (bicyclic) bond motifs is 5. The normalized spacial score (nSPS) is 35.5. The van der Waals surface area contributed by atoms with E-state index in [0.29, 0.717) is 6.54 Å². The zero-order chi connectivity index (χ0) is 13.1. The average Bonchev–Trinajstić information content (AvgIpc) is 3.12. The van der Waals surface area contributed by atoms with Crippen molar-refractivity contribution in [1.82, 2.24) is 15.1 Å². The highest BCUT2D eigenvalue weighted by atomic mass is 16.2. The van der Waals surface area contributed by atoms with Crippen LogP contribution in [0.4, 0.5) is 0 Å². The number of H-pyrrole nitrogens is 1. The van der Waals surface area contributed by atoms with Gasteiger partial charge in [-0.1, -0.05) is 12.2 Å². The van der Waals surface area contributed by atoms with E-state index in [2.05, 4.69) is 22.3 Å². The van der Waals surface area contributed by atoms with Crippen LogP contribution >= 0.6 is 0 Å². The van der Waals surface area contributed by atoms with Crippen LogP contribution in [0.3, 0.4) is 0 Å². The van der Waals surface area contributed by atoms with Crippen molar-refractivity contribution in [3.63, 3.8) is 0 Å². The topological polar surface area (TPSA) is 66.1 Å². The van der Waals surface area contributed by atoms with E-state index in [1.54, 1.807) is 6.20 Å². The minimum absolute atomic E-state index is 0.00690. The second-order valence-electron chi connectivity index (χ2n) is 5.78. The number of aromatic nitrogens is 2.